The lowest BCUT2D eigenvalue weighted by molar-refractivity contribution is -0.132. The molecule has 0 aromatic heterocycles. The van der Waals surface area contributed by atoms with E-state index in [2.05, 4.69) is 0 Å². The summed E-state index contributed by atoms with van der Waals surface area (Å²) in [6.07, 6.45) is 1.06. The predicted octanol–water partition coefficient (Wildman–Crippen LogP) is 2.28. The molecule has 0 aliphatic carbocycles. The molecule has 1 aliphatic rings. The Morgan fingerprint density at radius 2 is 1.83 bits per heavy atom. The number of benzene rings is 1. The zero-order valence-corrected chi connectivity index (χ0v) is 14.7. The third-order valence-electron chi connectivity index (χ3n) is 4.20. The van der Waals surface area contributed by atoms with E-state index in [1.165, 1.54) is 0 Å². The van der Waals surface area contributed by atoms with E-state index in [0.717, 1.165) is 17.5 Å². The fourth-order valence-electron chi connectivity index (χ4n) is 2.78. The number of hydrogen-bond acceptors (Lipinski definition) is 3. The lowest BCUT2D eigenvalue weighted by atomic mass is 10.1. The highest BCUT2D eigenvalue weighted by Gasteiger charge is 2.21. The van der Waals surface area contributed by atoms with Gasteiger partial charge in [-0.2, -0.15) is 0 Å². The van der Waals surface area contributed by atoms with E-state index in [9.17, 15) is 9.59 Å². The van der Waals surface area contributed by atoms with Crippen LogP contribution in [0.3, 0.4) is 0 Å². The van der Waals surface area contributed by atoms with Crippen molar-refractivity contribution in [1.82, 2.24) is 9.80 Å². The van der Waals surface area contributed by atoms with Crippen LogP contribution in [-0.2, 0) is 16.0 Å². The van der Waals surface area contributed by atoms with Gasteiger partial charge < -0.3 is 14.5 Å². The highest BCUT2D eigenvalue weighted by molar-refractivity contribution is 6.31. The van der Waals surface area contributed by atoms with E-state index in [-0.39, 0.29) is 18.2 Å². The topological polar surface area (TPSA) is 49.9 Å². The minimum Gasteiger partial charge on any atom is -0.496 e. The fraction of sp³-hybridized carbons (Fsp3) is 0.529. The number of halogens is 1. The molecule has 1 fully saturated rings. The Balaban J connectivity index is 2.07. The summed E-state index contributed by atoms with van der Waals surface area (Å²) < 4.78 is 5.36. The number of rotatable bonds is 3. The molecule has 0 spiro atoms. The minimum atomic E-state index is 0.0358. The van der Waals surface area contributed by atoms with Crippen molar-refractivity contribution in [3.63, 3.8) is 0 Å². The van der Waals surface area contributed by atoms with Crippen molar-refractivity contribution in [3.8, 4) is 5.75 Å². The number of carbonyl (C=O) groups excluding carboxylic acids is 2. The zero-order valence-electron chi connectivity index (χ0n) is 13.9. The quantitative estimate of drug-likeness (QED) is 0.849. The van der Waals surface area contributed by atoms with Gasteiger partial charge in [-0.05, 0) is 31.0 Å². The molecular weight excluding hydrogens is 316 g/mol. The number of aryl methyl sites for hydroxylation is 1. The van der Waals surface area contributed by atoms with Crippen LogP contribution in [0.4, 0.5) is 0 Å². The van der Waals surface area contributed by atoms with Gasteiger partial charge >= 0.3 is 0 Å². The third kappa shape index (κ3) is 4.38. The van der Waals surface area contributed by atoms with Crippen molar-refractivity contribution in [3.05, 3.63) is 28.3 Å². The molecule has 2 amide bonds. The van der Waals surface area contributed by atoms with Crippen molar-refractivity contribution >= 4 is 23.4 Å². The van der Waals surface area contributed by atoms with Crippen LogP contribution in [-0.4, -0.2) is 54.9 Å². The Bertz CT molecular complexity index is 604. The summed E-state index contributed by atoms with van der Waals surface area (Å²) in [5, 5.41) is 0.632. The first kappa shape index (κ1) is 17.6. The molecule has 1 aliphatic heterocycles. The van der Waals surface area contributed by atoms with Crippen LogP contribution in [0, 0.1) is 6.92 Å². The Morgan fingerprint density at radius 3 is 2.48 bits per heavy atom. The predicted molar refractivity (Wildman–Crippen MR) is 89.9 cm³/mol. The molecule has 0 N–H and O–H groups in total. The average Bonchev–Trinajstić information content (AvgIpc) is 2.76. The maximum absolute atomic E-state index is 12.6. The van der Waals surface area contributed by atoms with Crippen molar-refractivity contribution in [2.45, 2.75) is 26.7 Å². The van der Waals surface area contributed by atoms with Crippen molar-refractivity contribution < 1.29 is 14.3 Å². The van der Waals surface area contributed by atoms with Gasteiger partial charge in [0.1, 0.15) is 5.75 Å². The van der Waals surface area contributed by atoms with Gasteiger partial charge in [0, 0.05) is 43.7 Å². The molecule has 1 heterocycles. The Hall–Kier alpha value is -1.75. The molecule has 1 saturated heterocycles. The van der Waals surface area contributed by atoms with Gasteiger partial charge in [0.25, 0.3) is 0 Å². The first-order valence-electron chi connectivity index (χ1n) is 7.78. The largest absolute Gasteiger partial charge is 0.496 e. The summed E-state index contributed by atoms with van der Waals surface area (Å²) in [6.45, 7) is 6.01. The van der Waals surface area contributed by atoms with Gasteiger partial charge in [-0.3, -0.25) is 9.59 Å². The van der Waals surface area contributed by atoms with Gasteiger partial charge in [0.05, 0.1) is 13.5 Å². The monoisotopic (exact) mass is 338 g/mol. The molecule has 0 unspecified atom stereocenters. The second-order valence-electron chi connectivity index (χ2n) is 5.83. The molecule has 0 saturated carbocycles. The molecular formula is C17H23ClN2O3. The molecule has 1 aromatic carbocycles. The number of nitrogens with zero attached hydrogens (tertiary/aromatic N) is 2. The number of methoxy groups -OCH3 is 1. The van der Waals surface area contributed by atoms with Crippen molar-refractivity contribution in [2.75, 3.05) is 33.3 Å². The maximum Gasteiger partial charge on any atom is 0.227 e. The molecule has 1 aromatic rings. The normalized spacial score (nSPS) is 15.3. The number of ether oxygens (including phenoxy) is 1. The molecule has 0 radical (unpaired) electrons. The van der Waals surface area contributed by atoms with Gasteiger partial charge in [0.15, 0.2) is 0 Å². The smallest absolute Gasteiger partial charge is 0.227 e. The first-order valence-corrected chi connectivity index (χ1v) is 8.16. The van der Waals surface area contributed by atoms with Crippen LogP contribution in [0.1, 0.15) is 24.5 Å². The standard InChI is InChI=1S/C17H23ClN2O3/c1-12-9-16(23-3)14(10-15(12)18)11-17(22)20-6-4-5-19(7-8-20)13(2)21/h9-10H,4-8,11H2,1-3H3. The molecule has 0 atom stereocenters. The van der Waals surface area contributed by atoms with E-state index >= 15 is 0 Å². The molecule has 126 valence electrons. The van der Waals surface area contributed by atoms with Crippen LogP contribution in [0.25, 0.3) is 0 Å². The molecule has 23 heavy (non-hydrogen) atoms. The Kier molecular flexibility index (Phi) is 5.88. The average molecular weight is 339 g/mol. The summed E-state index contributed by atoms with van der Waals surface area (Å²) >= 11 is 6.17. The molecule has 6 heteroatoms. The van der Waals surface area contributed by atoms with E-state index in [4.69, 9.17) is 16.3 Å². The van der Waals surface area contributed by atoms with Crippen molar-refractivity contribution in [1.29, 1.82) is 0 Å². The Morgan fingerprint density at radius 1 is 1.17 bits per heavy atom. The van der Waals surface area contributed by atoms with E-state index in [0.29, 0.717) is 37.0 Å². The summed E-state index contributed by atoms with van der Waals surface area (Å²) in [5.74, 6) is 0.778. The molecule has 0 bridgehead atoms. The lowest BCUT2D eigenvalue weighted by Gasteiger charge is -2.22. The van der Waals surface area contributed by atoms with Crippen molar-refractivity contribution in [2.24, 2.45) is 0 Å². The Labute approximate surface area is 142 Å². The molecule has 2 rings (SSSR count). The summed E-state index contributed by atoms with van der Waals surface area (Å²) in [6, 6.07) is 3.65. The van der Waals surface area contributed by atoms with Gasteiger partial charge in [-0.15, -0.1) is 0 Å². The van der Waals surface area contributed by atoms with E-state index in [1.54, 1.807) is 25.0 Å². The lowest BCUT2D eigenvalue weighted by Crippen LogP contribution is -2.37. The number of carbonyl (C=O) groups is 2. The highest BCUT2D eigenvalue weighted by atomic mass is 35.5. The first-order chi connectivity index (χ1) is 10.9. The number of hydrogen-bond donors (Lipinski definition) is 0. The van der Waals surface area contributed by atoms with Crippen LogP contribution < -0.4 is 4.74 Å². The maximum atomic E-state index is 12.6. The van der Waals surface area contributed by atoms with Gasteiger partial charge in [-0.1, -0.05) is 11.6 Å². The minimum absolute atomic E-state index is 0.0358. The fourth-order valence-corrected chi connectivity index (χ4v) is 2.97. The molecule has 5 nitrogen and oxygen atoms in total. The van der Waals surface area contributed by atoms with Crippen LogP contribution in [0.5, 0.6) is 5.75 Å². The van der Waals surface area contributed by atoms with E-state index in [1.807, 2.05) is 17.9 Å². The SMILES string of the molecule is COc1cc(C)c(Cl)cc1CC(=O)N1CCCN(C(C)=O)CC1. The van der Waals surface area contributed by atoms with Gasteiger partial charge in [-0.25, -0.2) is 0 Å². The summed E-state index contributed by atoms with van der Waals surface area (Å²) in [7, 11) is 1.59. The summed E-state index contributed by atoms with van der Waals surface area (Å²) in [5.41, 5.74) is 1.72. The second-order valence-corrected chi connectivity index (χ2v) is 6.24. The third-order valence-corrected chi connectivity index (χ3v) is 4.60. The zero-order chi connectivity index (χ0) is 17.0. The second kappa shape index (κ2) is 7.68. The van der Waals surface area contributed by atoms with E-state index < -0.39 is 0 Å². The summed E-state index contributed by atoms with van der Waals surface area (Å²) in [4.78, 5) is 27.7. The van der Waals surface area contributed by atoms with Gasteiger partial charge in [0.2, 0.25) is 11.8 Å². The van der Waals surface area contributed by atoms with Crippen LogP contribution >= 0.6 is 11.6 Å². The number of amides is 2. The highest BCUT2D eigenvalue weighted by Crippen LogP contribution is 2.27. The van der Waals surface area contributed by atoms with Crippen LogP contribution in [0.15, 0.2) is 12.1 Å². The van der Waals surface area contributed by atoms with Crippen LogP contribution in [0.2, 0.25) is 5.02 Å².